The van der Waals surface area contributed by atoms with E-state index in [1.807, 2.05) is 24.3 Å². The monoisotopic (exact) mass is 387 g/mol. The smallest absolute Gasteiger partial charge is 0.253 e. The summed E-state index contributed by atoms with van der Waals surface area (Å²) >= 11 is 0. The summed E-state index contributed by atoms with van der Waals surface area (Å²) in [6, 6.07) is 13.3. The second kappa shape index (κ2) is 9.66. The Morgan fingerprint density at radius 1 is 1.04 bits per heavy atom. The number of halogens is 1. The van der Waals surface area contributed by atoms with E-state index < -0.39 is 18.0 Å². The molecule has 0 saturated heterocycles. The molecule has 2 aromatic rings. The molecule has 2 aromatic carbocycles. The zero-order valence-corrected chi connectivity index (χ0v) is 15.8. The molecule has 28 heavy (non-hydrogen) atoms. The van der Waals surface area contributed by atoms with E-state index in [-0.39, 0.29) is 31.0 Å². The van der Waals surface area contributed by atoms with Crippen LogP contribution in [-0.2, 0) is 6.42 Å². The number of aliphatic hydroxyl groups excluding tert-OH is 2. The van der Waals surface area contributed by atoms with E-state index in [4.69, 9.17) is 4.74 Å². The minimum Gasteiger partial charge on any atom is -0.491 e. The van der Waals surface area contributed by atoms with E-state index in [0.717, 1.165) is 24.8 Å². The van der Waals surface area contributed by atoms with Crippen LogP contribution in [0.25, 0.3) is 0 Å². The number of benzene rings is 2. The van der Waals surface area contributed by atoms with E-state index in [0.29, 0.717) is 12.3 Å². The van der Waals surface area contributed by atoms with Gasteiger partial charge in [0.15, 0.2) is 0 Å². The number of para-hydroxylation sites is 1. The molecule has 2 N–H and O–H groups in total. The van der Waals surface area contributed by atoms with E-state index in [1.54, 1.807) is 11.0 Å². The first-order valence-corrected chi connectivity index (χ1v) is 9.66. The third kappa shape index (κ3) is 5.30. The van der Waals surface area contributed by atoms with E-state index >= 15 is 0 Å². The Kier molecular flexibility index (Phi) is 7.01. The maximum atomic E-state index is 13.5. The van der Waals surface area contributed by atoms with Crippen molar-refractivity contribution < 1.29 is 24.1 Å². The Bertz CT molecular complexity index is 798. The highest BCUT2D eigenvalue weighted by Gasteiger charge is 2.22. The molecule has 5 nitrogen and oxygen atoms in total. The first kappa shape index (κ1) is 20.3. The van der Waals surface area contributed by atoms with Gasteiger partial charge in [0.25, 0.3) is 5.91 Å². The van der Waals surface area contributed by atoms with Crippen LogP contribution >= 0.6 is 0 Å². The maximum Gasteiger partial charge on any atom is 0.253 e. The number of aryl methyl sites for hydroxylation is 1. The second-order valence-electron chi connectivity index (χ2n) is 7.10. The maximum absolute atomic E-state index is 13.5. The second-order valence-corrected chi connectivity index (χ2v) is 7.10. The number of carbonyl (C=O) groups is 1. The van der Waals surface area contributed by atoms with Gasteiger partial charge in [0.2, 0.25) is 0 Å². The summed E-state index contributed by atoms with van der Waals surface area (Å²) in [5.41, 5.74) is 1.32. The average Bonchev–Trinajstić information content (AvgIpc) is 2.71. The Morgan fingerprint density at radius 3 is 2.68 bits per heavy atom. The number of carbonyl (C=O) groups excluding carboxylic acids is 1. The van der Waals surface area contributed by atoms with Crippen LogP contribution in [0.15, 0.2) is 48.5 Å². The van der Waals surface area contributed by atoms with Gasteiger partial charge in [-0.1, -0.05) is 24.3 Å². The molecule has 0 fully saturated rings. The van der Waals surface area contributed by atoms with Gasteiger partial charge in [0.05, 0.1) is 6.10 Å². The molecule has 1 heterocycles. The van der Waals surface area contributed by atoms with Crippen LogP contribution in [0.5, 0.6) is 5.75 Å². The minimum absolute atomic E-state index is 0.0178. The normalized spacial score (nSPS) is 21.5. The summed E-state index contributed by atoms with van der Waals surface area (Å²) < 4.78 is 19.2. The van der Waals surface area contributed by atoms with Gasteiger partial charge >= 0.3 is 0 Å². The average molecular weight is 387 g/mol. The van der Waals surface area contributed by atoms with Crippen molar-refractivity contribution in [2.75, 3.05) is 19.7 Å². The molecule has 1 aliphatic rings. The largest absolute Gasteiger partial charge is 0.491 e. The number of rotatable bonds is 1. The fourth-order valence-corrected chi connectivity index (χ4v) is 3.35. The van der Waals surface area contributed by atoms with Gasteiger partial charge in [-0.3, -0.25) is 4.79 Å². The fourth-order valence-electron chi connectivity index (χ4n) is 3.35. The van der Waals surface area contributed by atoms with Crippen molar-refractivity contribution in [2.24, 2.45) is 0 Å². The van der Waals surface area contributed by atoms with Crippen molar-refractivity contribution >= 4 is 5.91 Å². The number of hydrogen-bond donors (Lipinski definition) is 2. The van der Waals surface area contributed by atoms with Crippen molar-refractivity contribution in [3.63, 3.8) is 0 Å². The molecule has 1 amide bonds. The molecule has 150 valence electrons. The zero-order chi connectivity index (χ0) is 19.9. The Morgan fingerprint density at radius 2 is 1.86 bits per heavy atom. The fraction of sp³-hybridized carbons (Fsp3) is 0.409. The van der Waals surface area contributed by atoms with Crippen molar-refractivity contribution in [2.45, 2.75) is 37.9 Å². The van der Waals surface area contributed by atoms with Gasteiger partial charge in [-0.15, -0.1) is 0 Å². The number of aliphatic hydroxyl groups is 2. The summed E-state index contributed by atoms with van der Waals surface area (Å²) in [4.78, 5) is 14.4. The van der Waals surface area contributed by atoms with Crippen LogP contribution < -0.4 is 4.74 Å². The van der Waals surface area contributed by atoms with Gasteiger partial charge in [-0.25, -0.2) is 4.39 Å². The zero-order valence-electron chi connectivity index (χ0n) is 15.8. The molecule has 0 aliphatic carbocycles. The molecule has 0 saturated carbocycles. The van der Waals surface area contributed by atoms with Crippen LogP contribution in [0, 0.1) is 5.82 Å². The highest BCUT2D eigenvalue weighted by molar-refractivity contribution is 5.94. The van der Waals surface area contributed by atoms with Gasteiger partial charge in [-0.05, 0) is 55.5 Å². The standard InChI is InChI=1S/C22H26FNO4/c23-18-9-5-8-17(14-18)22(27)24-12-4-3-7-16-6-1-2-10-21(16)28-15-20(26)19(25)11-13-24/h1-2,5-6,8-10,14,19-20,25-26H,3-4,7,11-13,15H2/t19-,20+/m0/s1. The lowest BCUT2D eigenvalue weighted by atomic mass is 10.1. The summed E-state index contributed by atoms with van der Waals surface area (Å²) in [6.07, 6.45) is 0.562. The van der Waals surface area contributed by atoms with Crippen molar-refractivity contribution in [1.82, 2.24) is 4.90 Å². The van der Waals surface area contributed by atoms with E-state index in [1.165, 1.54) is 18.2 Å². The number of fused-ring (bicyclic) bond motifs is 1. The summed E-state index contributed by atoms with van der Waals surface area (Å²) in [7, 11) is 0. The van der Waals surface area contributed by atoms with Crippen molar-refractivity contribution in [3.8, 4) is 5.75 Å². The third-order valence-corrected chi connectivity index (χ3v) is 5.00. The summed E-state index contributed by atoms with van der Waals surface area (Å²) in [6.45, 7) is 0.762. The Balaban J connectivity index is 1.75. The van der Waals surface area contributed by atoms with Crippen LogP contribution in [0.3, 0.4) is 0 Å². The summed E-state index contributed by atoms with van der Waals surface area (Å²) in [5.74, 6) is -0.0192. The topological polar surface area (TPSA) is 70.0 Å². The first-order chi connectivity index (χ1) is 13.5. The third-order valence-electron chi connectivity index (χ3n) is 5.00. The lowest BCUT2D eigenvalue weighted by Crippen LogP contribution is -2.38. The van der Waals surface area contributed by atoms with Crippen molar-refractivity contribution in [1.29, 1.82) is 0 Å². The van der Waals surface area contributed by atoms with Gasteiger partial charge < -0.3 is 19.8 Å². The Labute approximate surface area is 164 Å². The molecule has 2 atom stereocenters. The molecular weight excluding hydrogens is 361 g/mol. The molecule has 3 rings (SSSR count). The molecule has 0 bridgehead atoms. The molecular formula is C22H26FNO4. The minimum atomic E-state index is -1.06. The van der Waals surface area contributed by atoms with Gasteiger partial charge in [0, 0.05) is 18.7 Å². The lowest BCUT2D eigenvalue weighted by molar-refractivity contribution is -0.0150. The molecule has 0 radical (unpaired) electrons. The quantitative estimate of drug-likeness (QED) is 0.790. The number of hydrogen-bond acceptors (Lipinski definition) is 4. The SMILES string of the molecule is O=C(c1cccc(F)c1)N1CCCCc2ccccc2OC[C@@H](O)[C@@H](O)CC1. The molecule has 6 heteroatoms. The number of ether oxygens (including phenoxy) is 1. The van der Waals surface area contributed by atoms with Crippen LogP contribution in [-0.4, -0.2) is 52.9 Å². The van der Waals surface area contributed by atoms with E-state index in [9.17, 15) is 19.4 Å². The molecule has 0 aromatic heterocycles. The van der Waals surface area contributed by atoms with Crippen LogP contribution in [0.4, 0.5) is 4.39 Å². The number of nitrogens with zero attached hydrogens (tertiary/aromatic N) is 1. The predicted molar refractivity (Wildman–Crippen MR) is 104 cm³/mol. The predicted octanol–water partition coefficient (Wildman–Crippen LogP) is 2.80. The van der Waals surface area contributed by atoms with Crippen LogP contribution in [0.2, 0.25) is 0 Å². The van der Waals surface area contributed by atoms with Crippen LogP contribution in [0.1, 0.15) is 35.2 Å². The molecule has 1 aliphatic heterocycles. The number of amides is 1. The molecule has 0 spiro atoms. The van der Waals surface area contributed by atoms with E-state index in [2.05, 4.69) is 0 Å². The highest BCUT2D eigenvalue weighted by Crippen LogP contribution is 2.21. The highest BCUT2D eigenvalue weighted by atomic mass is 19.1. The van der Waals surface area contributed by atoms with Gasteiger partial charge in [-0.2, -0.15) is 0 Å². The summed E-state index contributed by atoms with van der Waals surface area (Å²) in [5, 5.41) is 20.5. The Hall–Kier alpha value is -2.44. The first-order valence-electron chi connectivity index (χ1n) is 9.66. The molecule has 0 unspecified atom stereocenters. The van der Waals surface area contributed by atoms with Gasteiger partial charge in [0.1, 0.15) is 24.3 Å². The lowest BCUT2D eigenvalue weighted by Gasteiger charge is -2.25. The van der Waals surface area contributed by atoms with Crippen molar-refractivity contribution in [3.05, 3.63) is 65.5 Å².